The Labute approximate surface area is 165 Å². The standard InChI is InChI=1S/C19H25N5O3S/c1-21-14-20-16-8-9-24(28(2,26)27)18(17(16)21)19(25)23-12-10-22(11-13-23)15-6-4-3-5-7-15/h3-7,14,18H,8-13H2,1-2H3/t18-/m1/s1. The second-order valence-electron chi connectivity index (χ2n) is 7.36. The highest BCUT2D eigenvalue weighted by Crippen LogP contribution is 2.32. The SMILES string of the molecule is Cn1cnc2c1[C@H](C(=O)N1CCN(c3ccccc3)CC1)N(S(C)(=O)=O)CC2. The quantitative estimate of drug-likeness (QED) is 0.751. The molecule has 0 aliphatic carbocycles. The lowest BCUT2D eigenvalue weighted by molar-refractivity contribution is -0.136. The molecule has 8 nitrogen and oxygen atoms in total. The molecule has 0 saturated carbocycles. The van der Waals surface area contributed by atoms with E-state index in [1.807, 2.05) is 25.2 Å². The van der Waals surface area contributed by atoms with E-state index in [0.717, 1.165) is 24.5 Å². The van der Waals surface area contributed by atoms with E-state index in [9.17, 15) is 13.2 Å². The fourth-order valence-corrected chi connectivity index (χ4v) is 5.10. The number of carbonyl (C=O) groups excluding carboxylic acids is 1. The van der Waals surface area contributed by atoms with Gasteiger partial charge in [0.2, 0.25) is 15.9 Å². The van der Waals surface area contributed by atoms with E-state index in [1.165, 1.54) is 10.6 Å². The third-order valence-electron chi connectivity index (χ3n) is 5.55. The molecule has 150 valence electrons. The average Bonchev–Trinajstić information content (AvgIpc) is 3.08. The van der Waals surface area contributed by atoms with E-state index < -0.39 is 16.1 Å². The fourth-order valence-electron chi connectivity index (χ4n) is 4.11. The van der Waals surface area contributed by atoms with Crippen LogP contribution in [0.15, 0.2) is 36.7 Å². The first-order valence-electron chi connectivity index (χ1n) is 9.42. The maximum absolute atomic E-state index is 13.4. The molecule has 1 atom stereocenters. The third kappa shape index (κ3) is 3.40. The van der Waals surface area contributed by atoms with E-state index in [0.29, 0.717) is 25.2 Å². The zero-order chi connectivity index (χ0) is 19.9. The summed E-state index contributed by atoms with van der Waals surface area (Å²) in [5.74, 6) is -0.164. The van der Waals surface area contributed by atoms with Crippen molar-refractivity contribution in [1.82, 2.24) is 18.8 Å². The summed E-state index contributed by atoms with van der Waals surface area (Å²) in [6.07, 6.45) is 3.35. The van der Waals surface area contributed by atoms with Gasteiger partial charge in [0.15, 0.2) is 0 Å². The summed E-state index contributed by atoms with van der Waals surface area (Å²) < 4.78 is 27.9. The van der Waals surface area contributed by atoms with Crippen molar-refractivity contribution in [2.75, 3.05) is 43.9 Å². The molecule has 2 aromatic rings. The Morgan fingerprint density at radius 3 is 2.39 bits per heavy atom. The predicted molar refractivity (Wildman–Crippen MR) is 106 cm³/mol. The molecule has 9 heteroatoms. The molecule has 0 N–H and O–H groups in total. The number of rotatable bonds is 3. The summed E-state index contributed by atoms with van der Waals surface area (Å²) in [6.45, 7) is 2.85. The highest BCUT2D eigenvalue weighted by molar-refractivity contribution is 7.88. The maximum Gasteiger partial charge on any atom is 0.247 e. The second-order valence-corrected chi connectivity index (χ2v) is 9.30. The molecule has 1 saturated heterocycles. The Kier molecular flexibility index (Phi) is 4.88. The minimum absolute atomic E-state index is 0.164. The van der Waals surface area contributed by atoms with Crippen LogP contribution >= 0.6 is 0 Å². The van der Waals surface area contributed by atoms with Gasteiger partial charge in [-0.25, -0.2) is 13.4 Å². The zero-order valence-electron chi connectivity index (χ0n) is 16.2. The van der Waals surface area contributed by atoms with Crippen molar-refractivity contribution in [3.8, 4) is 0 Å². The van der Waals surface area contributed by atoms with E-state index >= 15 is 0 Å². The molecule has 1 amide bonds. The van der Waals surface area contributed by atoms with Gasteiger partial charge in [-0.05, 0) is 12.1 Å². The number of hydrogen-bond donors (Lipinski definition) is 0. The smallest absolute Gasteiger partial charge is 0.247 e. The van der Waals surface area contributed by atoms with Crippen molar-refractivity contribution in [1.29, 1.82) is 0 Å². The van der Waals surface area contributed by atoms with E-state index in [1.54, 1.807) is 15.8 Å². The molecule has 0 bridgehead atoms. The number of benzene rings is 1. The maximum atomic E-state index is 13.4. The van der Waals surface area contributed by atoms with Crippen LogP contribution in [-0.2, 0) is 28.3 Å². The molecule has 0 radical (unpaired) electrons. The summed E-state index contributed by atoms with van der Waals surface area (Å²) in [4.78, 5) is 21.8. The number of para-hydroxylation sites is 1. The van der Waals surface area contributed by atoms with Crippen LogP contribution in [-0.4, -0.2) is 72.1 Å². The third-order valence-corrected chi connectivity index (χ3v) is 6.80. The fraction of sp³-hybridized carbons (Fsp3) is 0.474. The number of carbonyl (C=O) groups is 1. The molecule has 4 rings (SSSR count). The number of amides is 1. The first-order chi connectivity index (χ1) is 13.4. The molecule has 2 aliphatic heterocycles. The highest BCUT2D eigenvalue weighted by atomic mass is 32.2. The Balaban J connectivity index is 1.57. The number of imidazole rings is 1. The minimum Gasteiger partial charge on any atom is -0.368 e. The summed E-state index contributed by atoms with van der Waals surface area (Å²) in [5, 5.41) is 0. The molecule has 3 heterocycles. The van der Waals surface area contributed by atoms with Crippen LogP contribution in [0.2, 0.25) is 0 Å². The van der Waals surface area contributed by atoms with Crippen LogP contribution in [0.1, 0.15) is 17.4 Å². The van der Waals surface area contributed by atoms with Gasteiger partial charge in [0.05, 0.1) is 24.0 Å². The van der Waals surface area contributed by atoms with Gasteiger partial charge in [0.1, 0.15) is 6.04 Å². The van der Waals surface area contributed by atoms with Crippen LogP contribution in [0.3, 0.4) is 0 Å². The first-order valence-corrected chi connectivity index (χ1v) is 11.3. The van der Waals surface area contributed by atoms with E-state index in [2.05, 4.69) is 22.0 Å². The van der Waals surface area contributed by atoms with E-state index in [4.69, 9.17) is 0 Å². The van der Waals surface area contributed by atoms with Gasteiger partial charge in [0.25, 0.3) is 0 Å². The summed E-state index contributed by atoms with van der Waals surface area (Å²) >= 11 is 0. The molecule has 1 aromatic carbocycles. The number of aromatic nitrogens is 2. The van der Waals surface area contributed by atoms with Gasteiger partial charge in [-0.15, -0.1) is 0 Å². The van der Waals surface area contributed by atoms with Gasteiger partial charge in [0, 0.05) is 51.9 Å². The molecule has 1 aromatic heterocycles. The van der Waals surface area contributed by atoms with Crippen LogP contribution in [0.4, 0.5) is 5.69 Å². The largest absolute Gasteiger partial charge is 0.368 e. The van der Waals surface area contributed by atoms with Crippen molar-refractivity contribution in [3.05, 3.63) is 48.0 Å². The van der Waals surface area contributed by atoms with Crippen LogP contribution < -0.4 is 4.90 Å². The molecular weight excluding hydrogens is 378 g/mol. The van der Waals surface area contributed by atoms with Crippen LogP contribution in [0, 0.1) is 0 Å². The number of aryl methyl sites for hydroxylation is 1. The Hall–Kier alpha value is -2.39. The van der Waals surface area contributed by atoms with Crippen molar-refractivity contribution in [2.45, 2.75) is 12.5 Å². The number of fused-ring (bicyclic) bond motifs is 1. The molecular formula is C19H25N5O3S. The Morgan fingerprint density at radius 1 is 1.07 bits per heavy atom. The lowest BCUT2D eigenvalue weighted by Gasteiger charge is -2.40. The predicted octanol–water partition coefficient (Wildman–Crippen LogP) is 0.628. The topological polar surface area (TPSA) is 78.8 Å². The highest BCUT2D eigenvalue weighted by Gasteiger charge is 2.42. The van der Waals surface area contributed by atoms with Crippen LogP contribution in [0.25, 0.3) is 0 Å². The molecule has 0 unspecified atom stereocenters. The van der Waals surface area contributed by atoms with Gasteiger partial charge in [-0.1, -0.05) is 18.2 Å². The number of anilines is 1. The first kappa shape index (κ1) is 18.9. The van der Waals surface area contributed by atoms with Crippen LogP contribution in [0.5, 0.6) is 0 Å². The van der Waals surface area contributed by atoms with Gasteiger partial charge < -0.3 is 14.4 Å². The monoisotopic (exact) mass is 403 g/mol. The van der Waals surface area contributed by atoms with Gasteiger partial charge in [-0.2, -0.15) is 4.31 Å². The number of nitrogens with zero attached hydrogens (tertiary/aromatic N) is 5. The summed E-state index contributed by atoms with van der Waals surface area (Å²) in [7, 11) is -1.70. The minimum atomic E-state index is -3.52. The zero-order valence-corrected chi connectivity index (χ0v) is 17.0. The lowest BCUT2D eigenvalue weighted by atomic mass is 10.0. The van der Waals surface area contributed by atoms with Crippen molar-refractivity contribution in [2.24, 2.45) is 7.05 Å². The van der Waals surface area contributed by atoms with Gasteiger partial charge >= 0.3 is 0 Å². The molecule has 0 spiro atoms. The average molecular weight is 404 g/mol. The number of piperazine rings is 1. The second kappa shape index (κ2) is 7.21. The van der Waals surface area contributed by atoms with Crippen molar-refractivity contribution >= 4 is 21.6 Å². The number of sulfonamides is 1. The lowest BCUT2D eigenvalue weighted by Crippen LogP contribution is -2.54. The summed E-state index contributed by atoms with van der Waals surface area (Å²) in [5.41, 5.74) is 2.63. The van der Waals surface area contributed by atoms with E-state index in [-0.39, 0.29) is 12.5 Å². The Morgan fingerprint density at radius 2 is 1.75 bits per heavy atom. The van der Waals surface area contributed by atoms with Crippen molar-refractivity contribution in [3.63, 3.8) is 0 Å². The molecule has 28 heavy (non-hydrogen) atoms. The van der Waals surface area contributed by atoms with Gasteiger partial charge in [-0.3, -0.25) is 4.79 Å². The normalized spacial score (nSPS) is 20.9. The number of hydrogen-bond acceptors (Lipinski definition) is 5. The molecule has 2 aliphatic rings. The Bertz CT molecular complexity index is 965. The van der Waals surface area contributed by atoms with Crippen molar-refractivity contribution < 1.29 is 13.2 Å². The molecule has 1 fully saturated rings. The summed E-state index contributed by atoms with van der Waals surface area (Å²) in [6, 6.07) is 9.27.